The van der Waals surface area contributed by atoms with Gasteiger partial charge in [0.15, 0.2) is 0 Å². The van der Waals surface area contributed by atoms with Crippen molar-refractivity contribution in [3.63, 3.8) is 0 Å². The Morgan fingerprint density at radius 1 is 1.22 bits per heavy atom. The normalized spacial score (nSPS) is 23.7. The number of alkyl halides is 2. The second-order valence-electron chi connectivity index (χ2n) is 5.72. The predicted octanol–water partition coefficient (Wildman–Crippen LogP) is 2.20. The van der Waals surface area contributed by atoms with E-state index in [2.05, 4.69) is 0 Å². The molecule has 4 heteroatoms. The van der Waals surface area contributed by atoms with Crippen LogP contribution >= 0.6 is 0 Å². The summed E-state index contributed by atoms with van der Waals surface area (Å²) in [7, 11) is 0. The Morgan fingerprint density at radius 2 is 1.83 bits per heavy atom. The molecule has 3 rings (SSSR count). The van der Waals surface area contributed by atoms with Gasteiger partial charge in [0.2, 0.25) is 0 Å². The van der Waals surface area contributed by atoms with Crippen molar-refractivity contribution in [2.45, 2.75) is 24.3 Å². The Labute approximate surface area is 106 Å². The van der Waals surface area contributed by atoms with Crippen molar-refractivity contribution in [1.82, 2.24) is 4.90 Å². The summed E-state index contributed by atoms with van der Waals surface area (Å²) in [6.45, 7) is 1.00. The van der Waals surface area contributed by atoms with Crippen LogP contribution in [0, 0.1) is 5.92 Å². The van der Waals surface area contributed by atoms with Gasteiger partial charge in [-0.3, -0.25) is 4.90 Å². The molecule has 1 saturated heterocycles. The average Bonchev–Trinajstić information content (AvgIpc) is 3.11. The van der Waals surface area contributed by atoms with E-state index >= 15 is 0 Å². The highest BCUT2D eigenvalue weighted by Crippen LogP contribution is 2.44. The van der Waals surface area contributed by atoms with E-state index in [1.807, 2.05) is 0 Å². The smallest absolute Gasteiger partial charge is 0.285 e. The lowest BCUT2D eigenvalue weighted by atomic mass is 9.85. The fraction of sp³-hybridized carbons (Fsp3) is 0.571. The topological polar surface area (TPSA) is 29.3 Å². The van der Waals surface area contributed by atoms with Crippen LogP contribution in [0.3, 0.4) is 0 Å². The molecule has 0 unspecified atom stereocenters. The lowest BCUT2D eigenvalue weighted by molar-refractivity contribution is -0.0747. The van der Waals surface area contributed by atoms with Crippen molar-refractivity contribution >= 4 is 0 Å². The van der Waals surface area contributed by atoms with Crippen LogP contribution in [-0.4, -0.2) is 30.1 Å². The zero-order valence-electron chi connectivity index (χ0n) is 10.3. The average molecular weight is 252 g/mol. The number of rotatable bonds is 4. The quantitative estimate of drug-likeness (QED) is 0.890. The van der Waals surface area contributed by atoms with Crippen LogP contribution in [0.2, 0.25) is 0 Å². The van der Waals surface area contributed by atoms with Gasteiger partial charge in [-0.15, -0.1) is 0 Å². The first-order valence-corrected chi connectivity index (χ1v) is 6.44. The molecule has 0 spiro atoms. The van der Waals surface area contributed by atoms with Crippen molar-refractivity contribution in [2.24, 2.45) is 11.7 Å². The van der Waals surface area contributed by atoms with E-state index in [4.69, 9.17) is 5.73 Å². The first kappa shape index (κ1) is 12.1. The second-order valence-corrected chi connectivity index (χ2v) is 5.72. The molecule has 98 valence electrons. The zero-order chi connectivity index (χ0) is 12.8. The van der Waals surface area contributed by atoms with E-state index in [-0.39, 0.29) is 17.6 Å². The number of hydrogen-bond acceptors (Lipinski definition) is 2. The maximum absolute atomic E-state index is 14.0. The lowest BCUT2D eigenvalue weighted by Gasteiger charge is -2.49. The molecule has 0 aromatic heterocycles. The number of benzene rings is 1. The van der Waals surface area contributed by atoms with Gasteiger partial charge in [0.25, 0.3) is 5.92 Å². The molecule has 1 heterocycles. The summed E-state index contributed by atoms with van der Waals surface area (Å²) in [6.07, 6.45) is 2.33. The highest BCUT2D eigenvalue weighted by atomic mass is 19.3. The molecular weight excluding hydrogens is 234 g/mol. The lowest BCUT2D eigenvalue weighted by Crippen LogP contribution is -2.69. The molecule has 0 radical (unpaired) electrons. The van der Waals surface area contributed by atoms with Crippen LogP contribution in [0.15, 0.2) is 30.3 Å². The Kier molecular flexibility index (Phi) is 2.68. The molecule has 0 atom stereocenters. The van der Waals surface area contributed by atoms with E-state index < -0.39 is 5.92 Å². The molecule has 1 aromatic rings. The molecule has 1 aliphatic heterocycles. The number of halogens is 2. The van der Waals surface area contributed by atoms with Crippen LogP contribution in [0.1, 0.15) is 18.4 Å². The minimum Gasteiger partial charge on any atom is -0.323 e. The maximum Gasteiger partial charge on any atom is 0.285 e. The third-order valence-electron chi connectivity index (χ3n) is 4.04. The molecule has 18 heavy (non-hydrogen) atoms. The Balaban J connectivity index is 1.60. The number of hydrogen-bond donors (Lipinski definition) is 1. The summed E-state index contributed by atoms with van der Waals surface area (Å²) in [6, 6.07) is 8.02. The van der Waals surface area contributed by atoms with E-state index in [0.717, 1.165) is 0 Å². The van der Waals surface area contributed by atoms with Crippen LogP contribution in [-0.2, 0) is 5.92 Å². The minimum absolute atomic E-state index is 0.0888. The van der Waals surface area contributed by atoms with E-state index in [1.54, 1.807) is 23.1 Å². The van der Waals surface area contributed by atoms with Gasteiger partial charge >= 0.3 is 0 Å². The SMILES string of the molecule is NC1(C2CC2)CN(CC(F)(F)c2ccccc2)C1. The van der Waals surface area contributed by atoms with Gasteiger partial charge in [-0.2, -0.15) is 8.78 Å². The third kappa shape index (κ3) is 2.15. The fourth-order valence-corrected chi connectivity index (χ4v) is 2.87. The summed E-state index contributed by atoms with van der Waals surface area (Å²) in [5, 5.41) is 0. The molecule has 2 aliphatic rings. The molecule has 1 aromatic carbocycles. The van der Waals surface area contributed by atoms with E-state index in [1.165, 1.54) is 25.0 Å². The molecule has 1 aliphatic carbocycles. The van der Waals surface area contributed by atoms with Crippen molar-refractivity contribution < 1.29 is 8.78 Å². The standard InChI is InChI=1S/C14H18F2N2/c15-14(16,12-4-2-1-3-5-12)10-18-8-13(17,9-18)11-6-7-11/h1-5,11H,6-10,17H2. The predicted molar refractivity (Wildman–Crippen MR) is 66.4 cm³/mol. The fourth-order valence-electron chi connectivity index (χ4n) is 2.87. The van der Waals surface area contributed by atoms with Gasteiger partial charge in [0.1, 0.15) is 0 Å². The largest absolute Gasteiger partial charge is 0.323 e. The van der Waals surface area contributed by atoms with Gasteiger partial charge in [0.05, 0.1) is 6.54 Å². The monoisotopic (exact) mass is 252 g/mol. The molecule has 0 amide bonds. The molecule has 2 fully saturated rings. The Morgan fingerprint density at radius 3 is 2.39 bits per heavy atom. The summed E-state index contributed by atoms with van der Waals surface area (Å²) in [5.41, 5.74) is 6.07. The number of likely N-dealkylation sites (tertiary alicyclic amines) is 1. The molecule has 2 nitrogen and oxygen atoms in total. The maximum atomic E-state index is 14.0. The van der Waals surface area contributed by atoms with Gasteiger partial charge in [-0.25, -0.2) is 0 Å². The summed E-state index contributed by atoms with van der Waals surface area (Å²) in [4.78, 5) is 1.77. The first-order valence-electron chi connectivity index (χ1n) is 6.44. The van der Waals surface area contributed by atoms with Crippen molar-refractivity contribution in [1.29, 1.82) is 0 Å². The van der Waals surface area contributed by atoms with Crippen LogP contribution < -0.4 is 5.73 Å². The third-order valence-corrected chi connectivity index (χ3v) is 4.04. The summed E-state index contributed by atoms with van der Waals surface area (Å²) in [5.74, 6) is -2.22. The van der Waals surface area contributed by atoms with E-state index in [0.29, 0.717) is 19.0 Å². The van der Waals surface area contributed by atoms with Crippen LogP contribution in [0.25, 0.3) is 0 Å². The van der Waals surface area contributed by atoms with Gasteiger partial charge < -0.3 is 5.73 Å². The second kappa shape index (κ2) is 4.00. The van der Waals surface area contributed by atoms with E-state index in [9.17, 15) is 8.78 Å². The number of nitrogens with two attached hydrogens (primary N) is 1. The highest BCUT2D eigenvalue weighted by Gasteiger charge is 2.52. The van der Waals surface area contributed by atoms with Gasteiger partial charge in [0, 0.05) is 24.2 Å². The van der Waals surface area contributed by atoms with Gasteiger partial charge in [-0.05, 0) is 18.8 Å². The summed E-state index contributed by atoms with van der Waals surface area (Å²) >= 11 is 0. The van der Waals surface area contributed by atoms with Crippen molar-refractivity contribution in [3.05, 3.63) is 35.9 Å². The Bertz CT molecular complexity index is 423. The molecule has 0 bridgehead atoms. The van der Waals surface area contributed by atoms with Gasteiger partial charge in [-0.1, -0.05) is 30.3 Å². The van der Waals surface area contributed by atoms with Crippen LogP contribution in [0.4, 0.5) is 8.78 Å². The Hall–Kier alpha value is -1.00. The minimum atomic E-state index is -2.79. The molecule has 2 N–H and O–H groups in total. The molecule has 1 saturated carbocycles. The molecular formula is C14H18F2N2. The van der Waals surface area contributed by atoms with Crippen molar-refractivity contribution in [2.75, 3.05) is 19.6 Å². The van der Waals surface area contributed by atoms with Crippen molar-refractivity contribution in [3.8, 4) is 0 Å². The number of nitrogens with zero attached hydrogens (tertiary/aromatic N) is 1. The first-order chi connectivity index (χ1) is 8.50. The van der Waals surface area contributed by atoms with Crippen LogP contribution in [0.5, 0.6) is 0 Å². The summed E-state index contributed by atoms with van der Waals surface area (Å²) < 4.78 is 28.0. The highest BCUT2D eigenvalue weighted by molar-refractivity contribution is 5.21. The zero-order valence-corrected chi connectivity index (χ0v) is 10.3.